The van der Waals surface area contributed by atoms with E-state index in [1.54, 1.807) is 6.92 Å². The van der Waals surface area contributed by atoms with Crippen molar-refractivity contribution in [2.24, 2.45) is 0 Å². The molecule has 4 nitrogen and oxygen atoms in total. The monoisotopic (exact) mass is 266 g/mol. The number of amides is 2. The van der Waals surface area contributed by atoms with Crippen molar-refractivity contribution < 1.29 is 9.90 Å². The molecule has 98 valence electrons. The van der Waals surface area contributed by atoms with Crippen molar-refractivity contribution in [2.45, 2.75) is 30.4 Å². The summed E-state index contributed by atoms with van der Waals surface area (Å²) in [5.41, 5.74) is 1.18. The fourth-order valence-electron chi connectivity index (χ4n) is 1.94. The largest absolute Gasteiger partial charge is 0.392 e. The number of thioether (sulfide) groups is 1. The second kappa shape index (κ2) is 6.11. The molecule has 18 heavy (non-hydrogen) atoms. The van der Waals surface area contributed by atoms with E-state index in [-0.39, 0.29) is 18.6 Å². The molecule has 1 aliphatic rings. The highest BCUT2D eigenvalue weighted by Gasteiger charge is 2.21. The summed E-state index contributed by atoms with van der Waals surface area (Å²) in [6.07, 6.45) is 0.411. The minimum Gasteiger partial charge on any atom is -0.392 e. The zero-order chi connectivity index (χ0) is 13.0. The predicted octanol–water partition coefficient (Wildman–Crippen LogP) is 1.90. The average Bonchev–Trinajstić information content (AvgIpc) is 2.37. The molecule has 1 aromatic carbocycles. The number of hydrogen-bond acceptors (Lipinski definition) is 3. The zero-order valence-corrected chi connectivity index (χ0v) is 11.2. The van der Waals surface area contributed by atoms with Gasteiger partial charge in [0.05, 0.1) is 12.1 Å². The Morgan fingerprint density at radius 3 is 3.11 bits per heavy atom. The Hall–Kier alpha value is -1.20. The molecule has 0 unspecified atom stereocenters. The van der Waals surface area contributed by atoms with Gasteiger partial charge in [-0.15, -0.1) is 11.8 Å². The molecular weight excluding hydrogens is 248 g/mol. The maximum atomic E-state index is 11.7. The first-order valence-corrected chi connectivity index (χ1v) is 7.09. The summed E-state index contributed by atoms with van der Waals surface area (Å²) >= 11 is 1.83. The Balaban J connectivity index is 1.96. The Morgan fingerprint density at radius 2 is 2.33 bits per heavy atom. The number of aliphatic hydroxyl groups excluding tert-OH is 1. The molecule has 1 aromatic rings. The molecule has 0 saturated carbocycles. The molecule has 0 radical (unpaired) electrons. The first-order valence-electron chi connectivity index (χ1n) is 6.11. The number of carbonyl (C=O) groups is 1. The predicted molar refractivity (Wildman–Crippen MR) is 72.7 cm³/mol. The number of aliphatic hydroxyl groups is 1. The second-order valence-electron chi connectivity index (χ2n) is 4.43. The van der Waals surface area contributed by atoms with E-state index >= 15 is 0 Å². The molecule has 0 fully saturated rings. The molecule has 3 N–H and O–H groups in total. The Kier molecular flexibility index (Phi) is 4.49. The van der Waals surface area contributed by atoms with Crippen molar-refractivity contribution in [3.05, 3.63) is 29.8 Å². The summed E-state index contributed by atoms with van der Waals surface area (Å²) in [4.78, 5) is 12.9. The van der Waals surface area contributed by atoms with Crippen molar-refractivity contribution in [3.63, 3.8) is 0 Å². The number of rotatable bonds is 3. The van der Waals surface area contributed by atoms with Gasteiger partial charge in [-0.25, -0.2) is 4.79 Å². The third-order valence-electron chi connectivity index (χ3n) is 2.82. The van der Waals surface area contributed by atoms with Crippen LogP contribution in [0.2, 0.25) is 0 Å². The summed E-state index contributed by atoms with van der Waals surface area (Å²) in [7, 11) is 0. The summed E-state index contributed by atoms with van der Waals surface area (Å²) in [5, 5.41) is 14.7. The van der Waals surface area contributed by atoms with Crippen LogP contribution in [0.15, 0.2) is 29.2 Å². The van der Waals surface area contributed by atoms with Gasteiger partial charge in [0.25, 0.3) is 0 Å². The number of urea groups is 1. The molecule has 1 aliphatic heterocycles. The van der Waals surface area contributed by atoms with Crippen molar-refractivity contribution >= 4 is 17.8 Å². The van der Waals surface area contributed by atoms with Crippen LogP contribution in [-0.4, -0.2) is 29.5 Å². The van der Waals surface area contributed by atoms with Crippen LogP contribution in [0.5, 0.6) is 0 Å². The molecule has 0 saturated heterocycles. The van der Waals surface area contributed by atoms with Gasteiger partial charge < -0.3 is 15.7 Å². The van der Waals surface area contributed by atoms with Crippen LogP contribution >= 0.6 is 11.8 Å². The highest BCUT2D eigenvalue weighted by atomic mass is 32.2. The highest BCUT2D eigenvalue weighted by Crippen LogP contribution is 2.35. The number of nitrogens with one attached hydrogen (secondary N) is 2. The first kappa shape index (κ1) is 13.2. The average molecular weight is 266 g/mol. The summed E-state index contributed by atoms with van der Waals surface area (Å²) in [6.45, 7) is 1.92. The smallest absolute Gasteiger partial charge is 0.315 e. The lowest BCUT2D eigenvalue weighted by Gasteiger charge is -2.26. The van der Waals surface area contributed by atoms with E-state index in [1.807, 2.05) is 23.9 Å². The maximum Gasteiger partial charge on any atom is 0.315 e. The Bertz CT molecular complexity index is 423. The van der Waals surface area contributed by atoms with Crippen LogP contribution in [0.25, 0.3) is 0 Å². The van der Waals surface area contributed by atoms with E-state index in [2.05, 4.69) is 22.8 Å². The van der Waals surface area contributed by atoms with Crippen LogP contribution in [0.1, 0.15) is 24.9 Å². The van der Waals surface area contributed by atoms with Gasteiger partial charge in [-0.1, -0.05) is 18.2 Å². The molecule has 2 atom stereocenters. The lowest BCUT2D eigenvalue weighted by molar-refractivity contribution is 0.186. The quantitative estimate of drug-likeness (QED) is 0.783. The van der Waals surface area contributed by atoms with E-state index in [0.29, 0.717) is 0 Å². The van der Waals surface area contributed by atoms with Crippen LogP contribution in [0.3, 0.4) is 0 Å². The third kappa shape index (κ3) is 3.40. The van der Waals surface area contributed by atoms with Gasteiger partial charge in [-0.2, -0.15) is 0 Å². The molecular formula is C13H18N2O2S. The molecule has 2 amide bonds. The molecule has 5 heteroatoms. The summed E-state index contributed by atoms with van der Waals surface area (Å²) < 4.78 is 0. The fraction of sp³-hybridized carbons (Fsp3) is 0.462. The van der Waals surface area contributed by atoms with E-state index < -0.39 is 6.10 Å². The normalized spacial score (nSPS) is 19.8. The van der Waals surface area contributed by atoms with Crippen LogP contribution < -0.4 is 10.6 Å². The molecule has 1 heterocycles. The molecule has 0 aliphatic carbocycles. The minimum atomic E-state index is -0.523. The number of benzene rings is 1. The first-order chi connectivity index (χ1) is 8.66. The van der Waals surface area contributed by atoms with Crippen molar-refractivity contribution in [1.82, 2.24) is 10.6 Å². The van der Waals surface area contributed by atoms with Crippen LogP contribution in [-0.2, 0) is 0 Å². The van der Waals surface area contributed by atoms with Gasteiger partial charge in [0.2, 0.25) is 0 Å². The molecule has 0 aromatic heterocycles. The lowest BCUT2D eigenvalue weighted by atomic mass is 10.0. The number of carbonyl (C=O) groups excluding carboxylic acids is 1. The zero-order valence-electron chi connectivity index (χ0n) is 10.3. The van der Waals surface area contributed by atoms with E-state index in [9.17, 15) is 4.79 Å². The van der Waals surface area contributed by atoms with E-state index in [4.69, 9.17) is 5.11 Å². The topological polar surface area (TPSA) is 61.4 Å². The van der Waals surface area contributed by atoms with Gasteiger partial charge in [0.15, 0.2) is 0 Å². The standard InChI is InChI=1S/C13H18N2O2S/c1-9(16)8-14-13(17)15-11-6-7-18-12-5-3-2-4-10(11)12/h2-5,9,11,16H,6-8H2,1H3,(H2,14,15,17)/t9-,11-/m1/s1. The Labute approximate surface area is 111 Å². The van der Waals surface area contributed by atoms with Gasteiger partial charge in [-0.3, -0.25) is 0 Å². The van der Waals surface area contributed by atoms with Crippen molar-refractivity contribution in [3.8, 4) is 0 Å². The molecule has 2 rings (SSSR count). The van der Waals surface area contributed by atoms with E-state index in [0.717, 1.165) is 12.2 Å². The lowest BCUT2D eigenvalue weighted by Crippen LogP contribution is -2.41. The number of fused-ring (bicyclic) bond motifs is 1. The molecule has 0 bridgehead atoms. The van der Waals surface area contributed by atoms with Crippen LogP contribution in [0, 0.1) is 0 Å². The minimum absolute atomic E-state index is 0.0662. The van der Waals surface area contributed by atoms with Crippen molar-refractivity contribution in [1.29, 1.82) is 0 Å². The van der Waals surface area contributed by atoms with Gasteiger partial charge in [0.1, 0.15) is 0 Å². The summed E-state index contributed by atoms with van der Waals surface area (Å²) in [6, 6.07) is 8.00. The SMILES string of the molecule is C[C@@H](O)CNC(=O)N[C@@H]1CCSc2ccccc21. The second-order valence-corrected chi connectivity index (χ2v) is 5.57. The van der Waals surface area contributed by atoms with Crippen LogP contribution in [0.4, 0.5) is 4.79 Å². The number of hydrogen-bond donors (Lipinski definition) is 3. The van der Waals surface area contributed by atoms with Gasteiger partial charge >= 0.3 is 6.03 Å². The molecule has 0 spiro atoms. The van der Waals surface area contributed by atoms with Gasteiger partial charge in [-0.05, 0) is 25.0 Å². The summed E-state index contributed by atoms with van der Waals surface area (Å²) in [5.74, 6) is 1.01. The maximum absolute atomic E-state index is 11.7. The van der Waals surface area contributed by atoms with Gasteiger partial charge in [0, 0.05) is 17.2 Å². The Morgan fingerprint density at radius 1 is 1.56 bits per heavy atom. The fourth-order valence-corrected chi connectivity index (χ4v) is 3.07. The third-order valence-corrected chi connectivity index (χ3v) is 3.94. The van der Waals surface area contributed by atoms with E-state index in [1.165, 1.54) is 10.5 Å². The highest BCUT2D eigenvalue weighted by molar-refractivity contribution is 7.99. The van der Waals surface area contributed by atoms with Crippen molar-refractivity contribution in [2.75, 3.05) is 12.3 Å².